The zero-order valence-electron chi connectivity index (χ0n) is 14.7. The van der Waals surface area contributed by atoms with Crippen molar-refractivity contribution < 1.29 is 14.0 Å². The van der Waals surface area contributed by atoms with Crippen molar-refractivity contribution in [3.05, 3.63) is 35.0 Å². The van der Waals surface area contributed by atoms with E-state index in [9.17, 15) is 0 Å². The zero-order chi connectivity index (χ0) is 16.9. The molecule has 0 saturated carbocycles. The minimum absolute atomic E-state index is 0.266. The van der Waals surface area contributed by atoms with E-state index in [2.05, 4.69) is 21.4 Å². The molecule has 1 saturated heterocycles. The van der Waals surface area contributed by atoms with Crippen LogP contribution in [0.15, 0.2) is 16.9 Å². The predicted octanol–water partition coefficient (Wildman–Crippen LogP) is 1.93. The third-order valence-corrected chi connectivity index (χ3v) is 4.49. The first kappa shape index (κ1) is 17.1. The van der Waals surface area contributed by atoms with Gasteiger partial charge in [0, 0.05) is 44.1 Å². The molecule has 0 bridgehead atoms. The molecule has 1 aliphatic rings. The van der Waals surface area contributed by atoms with E-state index in [1.807, 2.05) is 24.7 Å². The molecule has 1 atom stereocenters. The van der Waals surface area contributed by atoms with Crippen LogP contribution in [0.2, 0.25) is 0 Å². The molecule has 0 N–H and O–H groups in total. The average Bonchev–Trinajstić information content (AvgIpc) is 3.27. The Hall–Kier alpha value is -1.70. The number of methoxy groups -OCH3 is 1. The molecule has 24 heavy (non-hydrogen) atoms. The van der Waals surface area contributed by atoms with E-state index in [-0.39, 0.29) is 6.10 Å². The van der Waals surface area contributed by atoms with Gasteiger partial charge in [-0.05, 0) is 20.3 Å². The van der Waals surface area contributed by atoms with Gasteiger partial charge >= 0.3 is 0 Å². The summed E-state index contributed by atoms with van der Waals surface area (Å²) in [5, 5.41) is 8.34. The van der Waals surface area contributed by atoms with Gasteiger partial charge < -0.3 is 14.0 Å². The van der Waals surface area contributed by atoms with E-state index in [1.165, 1.54) is 5.56 Å². The third kappa shape index (κ3) is 4.23. The molecule has 7 nitrogen and oxygen atoms in total. The number of likely N-dealkylation sites (tertiary alicyclic amines) is 1. The summed E-state index contributed by atoms with van der Waals surface area (Å²) < 4.78 is 18.2. The van der Waals surface area contributed by atoms with Gasteiger partial charge in [-0.25, -0.2) is 0 Å². The lowest BCUT2D eigenvalue weighted by atomic mass is 10.2. The van der Waals surface area contributed by atoms with Gasteiger partial charge in [0.2, 0.25) is 0 Å². The molecule has 7 heteroatoms. The van der Waals surface area contributed by atoms with Crippen molar-refractivity contribution in [2.75, 3.05) is 26.8 Å². The maximum Gasteiger partial charge on any atom is 0.139 e. The Labute approximate surface area is 142 Å². The maximum absolute atomic E-state index is 6.06. The van der Waals surface area contributed by atoms with Crippen molar-refractivity contribution in [3.8, 4) is 0 Å². The second kappa shape index (κ2) is 7.92. The Bertz CT molecular complexity index is 633. The van der Waals surface area contributed by atoms with Crippen molar-refractivity contribution in [1.82, 2.24) is 19.8 Å². The standard InChI is InChI=1S/C17H26N4O3/c1-13-17(14(2)24-19-13)12-23-16-4-5-20(11-16)9-15-8-18-21(10-15)6-7-22-3/h8,10,16H,4-7,9,11-12H2,1-3H3. The fourth-order valence-electron chi connectivity index (χ4n) is 3.04. The van der Waals surface area contributed by atoms with Gasteiger partial charge in [0.15, 0.2) is 0 Å². The van der Waals surface area contributed by atoms with Crippen LogP contribution < -0.4 is 0 Å². The van der Waals surface area contributed by atoms with E-state index in [1.54, 1.807) is 7.11 Å². The minimum atomic E-state index is 0.266. The Morgan fingerprint density at radius 1 is 1.38 bits per heavy atom. The number of nitrogens with zero attached hydrogens (tertiary/aromatic N) is 4. The summed E-state index contributed by atoms with van der Waals surface area (Å²) in [6.45, 7) is 8.86. The van der Waals surface area contributed by atoms with Crippen LogP contribution in [-0.4, -0.2) is 52.7 Å². The number of hydrogen-bond donors (Lipinski definition) is 0. The van der Waals surface area contributed by atoms with E-state index >= 15 is 0 Å². The molecule has 132 valence electrons. The number of aromatic nitrogens is 3. The lowest BCUT2D eigenvalue weighted by molar-refractivity contribution is 0.0453. The van der Waals surface area contributed by atoms with Crippen LogP contribution in [-0.2, 0) is 29.2 Å². The molecule has 0 amide bonds. The highest BCUT2D eigenvalue weighted by molar-refractivity contribution is 5.19. The van der Waals surface area contributed by atoms with Crippen LogP contribution in [0, 0.1) is 13.8 Å². The summed E-state index contributed by atoms with van der Waals surface area (Å²) in [6.07, 6.45) is 5.36. The van der Waals surface area contributed by atoms with Gasteiger partial charge in [-0.2, -0.15) is 5.10 Å². The molecule has 1 fully saturated rings. The Balaban J connectivity index is 1.44. The number of aryl methyl sites for hydroxylation is 2. The Morgan fingerprint density at radius 3 is 3.00 bits per heavy atom. The van der Waals surface area contributed by atoms with Crippen molar-refractivity contribution in [2.24, 2.45) is 0 Å². The summed E-state index contributed by atoms with van der Waals surface area (Å²) in [7, 11) is 1.71. The molecule has 3 rings (SSSR count). The maximum atomic E-state index is 6.06. The summed E-state index contributed by atoms with van der Waals surface area (Å²) in [4.78, 5) is 2.41. The monoisotopic (exact) mass is 334 g/mol. The topological polar surface area (TPSA) is 65.5 Å². The van der Waals surface area contributed by atoms with Crippen molar-refractivity contribution in [2.45, 2.75) is 46.1 Å². The van der Waals surface area contributed by atoms with Crippen LogP contribution in [0.5, 0.6) is 0 Å². The van der Waals surface area contributed by atoms with Gasteiger partial charge in [-0.1, -0.05) is 5.16 Å². The van der Waals surface area contributed by atoms with E-state index < -0.39 is 0 Å². The normalized spacial score (nSPS) is 18.5. The van der Waals surface area contributed by atoms with Crippen LogP contribution in [0.25, 0.3) is 0 Å². The summed E-state index contributed by atoms with van der Waals surface area (Å²) in [5.74, 6) is 0.853. The van der Waals surface area contributed by atoms with E-state index in [0.29, 0.717) is 13.2 Å². The van der Waals surface area contributed by atoms with Crippen molar-refractivity contribution >= 4 is 0 Å². The highest BCUT2D eigenvalue weighted by Gasteiger charge is 2.24. The van der Waals surface area contributed by atoms with Crippen LogP contribution >= 0.6 is 0 Å². The second-order valence-electron chi connectivity index (χ2n) is 6.36. The average molecular weight is 334 g/mol. The van der Waals surface area contributed by atoms with E-state index in [4.69, 9.17) is 14.0 Å². The molecular weight excluding hydrogens is 308 g/mol. The quantitative estimate of drug-likeness (QED) is 0.735. The van der Waals surface area contributed by atoms with Crippen LogP contribution in [0.1, 0.15) is 29.0 Å². The van der Waals surface area contributed by atoms with Gasteiger partial charge in [0.1, 0.15) is 5.76 Å². The second-order valence-corrected chi connectivity index (χ2v) is 6.36. The van der Waals surface area contributed by atoms with Crippen molar-refractivity contribution in [3.63, 3.8) is 0 Å². The Kier molecular flexibility index (Phi) is 5.65. The molecule has 1 unspecified atom stereocenters. The fraction of sp³-hybridized carbons (Fsp3) is 0.647. The molecule has 0 radical (unpaired) electrons. The summed E-state index contributed by atoms with van der Waals surface area (Å²) >= 11 is 0. The van der Waals surface area contributed by atoms with Gasteiger partial charge in [-0.15, -0.1) is 0 Å². The third-order valence-electron chi connectivity index (χ3n) is 4.49. The first-order valence-electron chi connectivity index (χ1n) is 8.41. The molecular formula is C17H26N4O3. The first-order chi connectivity index (χ1) is 11.7. The number of hydrogen-bond acceptors (Lipinski definition) is 6. The molecule has 0 aliphatic carbocycles. The molecule has 1 aliphatic heterocycles. The van der Waals surface area contributed by atoms with Gasteiger partial charge in [0.05, 0.1) is 37.8 Å². The largest absolute Gasteiger partial charge is 0.383 e. The smallest absolute Gasteiger partial charge is 0.139 e. The lowest BCUT2D eigenvalue weighted by Crippen LogP contribution is -2.23. The SMILES string of the molecule is COCCn1cc(CN2CCC(OCc3c(C)noc3C)C2)cn1. The predicted molar refractivity (Wildman–Crippen MR) is 88.6 cm³/mol. The fourth-order valence-corrected chi connectivity index (χ4v) is 3.04. The minimum Gasteiger partial charge on any atom is -0.383 e. The van der Waals surface area contributed by atoms with Crippen LogP contribution in [0.3, 0.4) is 0 Å². The van der Waals surface area contributed by atoms with E-state index in [0.717, 1.165) is 49.6 Å². The number of ether oxygens (including phenoxy) is 2. The first-order valence-corrected chi connectivity index (χ1v) is 8.41. The van der Waals surface area contributed by atoms with Gasteiger partial charge in [0.25, 0.3) is 0 Å². The lowest BCUT2D eigenvalue weighted by Gasteiger charge is -2.15. The molecule has 2 aromatic rings. The highest BCUT2D eigenvalue weighted by atomic mass is 16.5. The highest BCUT2D eigenvalue weighted by Crippen LogP contribution is 2.19. The zero-order valence-corrected chi connectivity index (χ0v) is 14.7. The molecule has 0 spiro atoms. The molecule has 2 aromatic heterocycles. The number of rotatable bonds is 8. The Morgan fingerprint density at radius 2 is 2.25 bits per heavy atom. The van der Waals surface area contributed by atoms with Crippen LogP contribution in [0.4, 0.5) is 0 Å². The van der Waals surface area contributed by atoms with Gasteiger partial charge in [-0.3, -0.25) is 9.58 Å². The molecule has 0 aromatic carbocycles. The summed E-state index contributed by atoms with van der Waals surface area (Å²) in [6, 6.07) is 0. The van der Waals surface area contributed by atoms with Crippen molar-refractivity contribution in [1.29, 1.82) is 0 Å². The summed E-state index contributed by atoms with van der Waals surface area (Å²) in [5.41, 5.74) is 3.23. The molecule has 3 heterocycles.